The van der Waals surface area contributed by atoms with E-state index in [9.17, 15) is 4.79 Å². The molecule has 1 amide bonds. The first kappa shape index (κ1) is 15.4. The highest BCUT2D eigenvalue weighted by Gasteiger charge is 2.31. The number of carbonyl (C=O) groups excluding carboxylic acids is 1. The van der Waals surface area contributed by atoms with Gasteiger partial charge in [-0.05, 0) is 38.3 Å². The summed E-state index contributed by atoms with van der Waals surface area (Å²) in [6, 6.07) is 5.99. The zero-order chi connectivity index (χ0) is 14.6. The van der Waals surface area contributed by atoms with Gasteiger partial charge in [-0.15, -0.1) is 11.6 Å². The summed E-state index contributed by atoms with van der Waals surface area (Å²) in [6.45, 7) is 4.69. The molecule has 0 atom stereocenters. The van der Waals surface area contributed by atoms with Gasteiger partial charge in [0.1, 0.15) is 0 Å². The lowest BCUT2D eigenvalue weighted by Crippen LogP contribution is -2.40. The Morgan fingerprint density at radius 1 is 1.25 bits per heavy atom. The summed E-state index contributed by atoms with van der Waals surface area (Å²) in [5, 5.41) is 3.11. The van der Waals surface area contributed by atoms with Gasteiger partial charge >= 0.3 is 0 Å². The Bertz CT molecular complexity index is 478. The van der Waals surface area contributed by atoms with Gasteiger partial charge in [0, 0.05) is 23.4 Å². The molecule has 0 heterocycles. The van der Waals surface area contributed by atoms with Gasteiger partial charge in [0.2, 0.25) is 0 Å². The standard InChI is InChI=1S/C17H24ClNO/c1-13-6-7-14(2)15(10-13)16(20)19-12-17(11-18)8-4-3-5-9-17/h6-7,10H,3-5,8-9,11-12H2,1-2H3,(H,19,20). The molecule has 0 saturated heterocycles. The zero-order valence-electron chi connectivity index (χ0n) is 12.5. The Hall–Kier alpha value is -1.02. The first-order valence-corrected chi connectivity index (χ1v) is 8.01. The molecular weight excluding hydrogens is 270 g/mol. The topological polar surface area (TPSA) is 29.1 Å². The van der Waals surface area contributed by atoms with E-state index in [0.29, 0.717) is 12.4 Å². The van der Waals surface area contributed by atoms with Gasteiger partial charge in [-0.25, -0.2) is 0 Å². The molecule has 0 bridgehead atoms. The highest BCUT2D eigenvalue weighted by Crippen LogP contribution is 2.36. The third-order valence-electron chi connectivity index (χ3n) is 4.46. The van der Waals surface area contributed by atoms with Crippen molar-refractivity contribution in [3.8, 4) is 0 Å². The second kappa shape index (κ2) is 6.62. The summed E-state index contributed by atoms with van der Waals surface area (Å²) in [7, 11) is 0. The fourth-order valence-electron chi connectivity index (χ4n) is 3.00. The van der Waals surface area contributed by atoms with Crippen LogP contribution in [0.1, 0.15) is 53.6 Å². The van der Waals surface area contributed by atoms with E-state index in [1.165, 1.54) is 19.3 Å². The van der Waals surface area contributed by atoms with Crippen LogP contribution in [0, 0.1) is 19.3 Å². The molecule has 0 unspecified atom stereocenters. The van der Waals surface area contributed by atoms with E-state index in [-0.39, 0.29) is 11.3 Å². The van der Waals surface area contributed by atoms with Gasteiger partial charge < -0.3 is 5.32 Å². The molecule has 3 heteroatoms. The molecular formula is C17H24ClNO. The molecule has 0 aliphatic heterocycles. The van der Waals surface area contributed by atoms with Crippen LogP contribution in [0.2, 0.25) is 0 Å². The second-order valence-corrected chi connectivity index (χ2v) is 6.46. The normalized spacial score (nSPS) is 17.8. The molecule has 2 rings (SSSR count). The van der Waals surface area contributed by atoms with Crippen molar-refractivity contribution in [2.75, 3.05) is 12.4 Å². The smallest absolute Gasteiger partial charge is 0.251 e. The van der Waals surface area contributed by atoms with Gasteiger partial charge in [-0.2, -0.15) is 0 Å². The van der Waals surface area contributed by atoms with E-state index >= 15 is 0 Å². The quantitative estimate of drug-likeness (QED) is 0.827. The third-order valence-corrected chi connectivity index (χ3v) is 5.03. The number of nitrogens with one attached hydrogen (secondary N) is 1. The van der Waals surface area contributed by atoms with E-state index < -0.39 is 0 Å². The summed E-state index contributed by atoms with van der Waals surface area (Å²) in [6.07, 6.45) is 6.01. The highest BCUT2D eigenvalue weighted by molar-refractivity contribution is 6.18. The Labute approximate surface area is 126 Å². The van der Waals surface area contributed by atoms with Crippen molar-refractivity contribution in [1.82, 2.24) is 5.32 Å². The molecule has 2 nitrogen and oxygen atoms in total. The van der Waals surface area contributed by atoms with Crippen molar-refractivity contribution in [3.05, 3.63) is 34.9 Å². The van der Waals surface area contributed by atoms with E-state index in [0.717, 1.165) is 29.5 Å². The Kier molecular flexibility index (Phi) is 5.09. The van der Waals surface area contributed by atoms with Crippen molar-refractivity contribution in [1.29, 1.82) is 0 Å². The van der Waals surface area contributed by atoms with Crippen molar-refractivity contribution in [2.24, 2.45) is 5.41 Å². The monoisotopic (exact) mass is 293 g/mol. The average molecular weight is 294 g/mol. The molecule has 1 aromatic rings. The summed E-state index contributed by atoms with van der Waals surface area (Å²) in [5.41, 5.74) is 3.03. The van der Waals surface area contributed by atoms with Crippen molar-refractivity contribution >= 4 is 17.5 Å². The van der Waals surface area contributed by atoms with Gasteiger partial charge in [-0.1, -0.05) is 37.0 Å². The Morgan fingerprint density at radius 2 is 1.95 bits per heavy atom. The number of halogens is 1. The first-order valence-electron chi connectivity index (χ1n) is 7.48. The van der Waals surface area contributed by atoms with Crippen molar-refractivity contribution in [2.45, 2.75) is 46.0 Å². The predicted molar refractivity (Wildman–Crippen MR) is 84.5 cm³/mol. The Morgan fingerprint density at radius 3 is 2.60 bits per heavy atom. The number of carbonyl (C=O) groups is 1. The Balaban J connectivity index is 2.02. The number of amides is 1. The molecule has 1 aliphatic carbocycles. The maximum atomic E-state index is 12.4. The molecule has 0 aromatic heterocycles. The molecule has 1 aliphatic rings. The van der Waals surface area contributed by atoms with Crippen LogP contribution in [0.15, 0.2) is 18.2 Å². The molecule has 20 heavy (non-hydrogen) atoms. The number of benzene rings is 1. The summed E-state index contributed by atoms with van der Waals surface area (Å²) in [4.78, 5) is 12.4. The second-order valence-electron chi connectivity index (χ2n) is 6.20. The lowest BCUT2D eigenvalue weighted by molar-refractivity contribution is 0.0920. The first-order chi connectivity index (χ1) is 9.56. The minimum atomic E-state index is 0.0289. The van der Waals surface area contributed by atoms with Gasteiger partial charge in [0.05, 0.1) is 0 Å². The van der Waals surface area contributed by atoms with Gasteiger partial charge in [0.15, 0.2) is 0 Å². The number of aryl methyl sites for hydroxylation is 2. The molecule has 1 aromatic carbocycles. The molecule has 1 saturated carbocycles. The number of rotatable bonds is 4. The van der Waals surface area contributed by atoms with Crippen LogP contribution < -0.4 is 5.32 Å². The van der Waals surface area contributed by atoms with E-state index in [2.05, 4.69) is 5.32 Å². The third kappa shape index (κ3) is 3.54. The zero-order valence-corrected chi connectivity index (χ0v) is 13.2. The summed E-state index contributed by atoms with van der Waals surface area (Å²) >= 11 is 6.17. The van der Waals surface area contributed by atoms with Crippen LogP contribution >= 0.6 is 11.6 Å². The van der Waals surface area contributed by atoms with Gasteiger partial charge in [-0.3, -0.25) is 4.79 Å². The van der Waals surface area contributed by atoms with Crippen LogP contribution in [0.3, 0.4) is 0 Å². The molecule has 0 radical (unpaired) electrons. The predicted octanol–water partition coefficient (Wildman–Crippen LogP) is 4.22. The van der Waals surface area contributed by atoms with E-state index in [4.69, 9.17) is 11.6 Å². The molecule has 0 spiro atoms. The lowest BCUT2D eigenvalue weighted by Gasteiger charge is -2.35. The highest BCUT2D eigenvalue weighted by atomic mass is 35.5. The lowest BCUT2D eigenvalue weighted by atomic mass is 9.75. The summed E-state index contributed by atoms with van der Waals surface area (Å²) in [5.74, 6) is 0.668. The van der Waals surface area contributed by atoms with Crippen LogP contribution in [-0.4, -0.2) is 18.3 Å². The SMILES string of the molecule is Cc1ccc(C)c(C(=O)NCC2(CCl)CCCCC2)c1. The maximum Gasteiger partial charge on any atom is 0.251 e. The van der Waals surface area contributed by atoms with E-state index in [1.54, 1.807) is 0 Å². The van der Waals surface area contributed by atoms with Gasteiger partial charge in [0.25, 0.3) is 5.91 Å². The fraction of sp³-hybridized carbons (Fsp3) is 0.588. The minimum Gasteiger partial charge on any atom is -0.351 e. The van der Waals surface area contributed by atoms with Crippen LogP contribution in [-0.2, 0) is 0 Å². The summed E-state index contributed by atoms with van der Waals surface area (Å²) < 4.78 is 0. The van der Waals surface area contributed by atoms with Crippen LogP contribution in [0.5, 0.6) is 0 Å². The van der Waals surface area contributed by atoms with E-state index in [1.807, 2.05) is 32.0 Å². The molecule has 1 fully saturated rings. The molecule has 110 valence electrons. The van der Waals surface area contributed by atoms with Crippen molar-refractivity contribution < 1.29 is 4.79 Å². The fourth-order valence-corrected chi connectivity index (χ4v) is 3.36. The number of hydrogen-bond acceptors (Lipinski definition) is 1. The largest absolute Gasteiger partial charge is 0.351 e. The molecule has 1 N–H and O–H groups in total. The average Bonchev–Trinajstić information content (AvgIpc) is 2.48. The number of hydrogen-bond donors (Lipinski definition) is 1. The van der Waals surface area contributed by atoms with Crippen LogP contribution in [0.4, 0.5) is 0 Å². The minimum absolute atomic E-state index is 0.0289. The van der Waals surface area contributed by atoms with Crippen molar-refractivity contribution in [3.63, 3.8) is 0 Å². The van der Waals surface area contributed by atoms with Crippen LogP contribution in [0.25, 0.3) is 0 Å². The maximum absolute atomic E-state index is 12.4. The number of alkyl halides is 1.